The van der Waals surface area contributed by atoms with E-state index in [-0.39, 0.29) is 33.0 Å². The Balaban J connectivity index is 0.00000162. The van der Waals surface area contributed by atoms with Gasteiger partial charge in [0, 0.05) is 5.56 Å². The van der Waals surface area contributed by atoms with Crippen LogP contribution in [0, 0.1) is 6.92 Å². The van der Waals surface area contributed by atoms with Crippen molar-refractivity contribution in [3.8, 4) is 0 Å². The maximum Gasteiger partial charge on any atom is 1.00 e. The Morgan fingerprint density at radius 1 is 1.06 bits per heavy atom. The fraction of sp³-hybridized carbons (Fsp3) is 0.0714. The fourth-order valence-electron chi connectivity index (χ4n) is 1.63. The second kappa shape index (κ2) is 7.12. The largest absolute Gasteiger partial charge is 1.00 e. The molecule has 0 aliphatic rings. The van der Waals surface area contributed by atoms with Gasteiger partial charge < -0.3 is 0 Å². The Morgan fingerprint density at radius 3 is 2.33 bits per heavy atom. The molecule has 0 spiro atoms. The first-order valence-electron chi connectivity index (χ1n) is 5.30. The summed E-state index contributed by atoms with van der Waals surface area (Å²) in [7, 11) is 0.125. The molecule has 2 aromatic carbocycles. The molecule has 1 nitrogen and oxygen atoms in total. The summed E-state index contributed by atoms with van der Waals surface area (Å²) in [6, 6.07) is 15.3. The number of hydrogen-bond acceptors (Lipinski definition) is 1. The van der Waals surface area contributed by atoms with E-state index in [0.29, 0.717) is 10.6 Å². The molecule has 0 aromatic heterocycles. The summed E-state index contributed by atoms with van der Waals surface area (Å²) in [5.74, 6) is 0. The van der Waals surface area contributed by atoms with Gasteiger partial charge in [-0.1, -0.05) is 54.1 Å². The molecule has 18 heavy (non-hydrogen) atoms. The van der Waals surface area contributed by atoms with Gasteiger partial charge in [0.2, 0.25) is 0 Å². The first kappa shape index (κ1) is 15.5. The van der Waals surface area contributed by atoms with Gasteiger partial charge in [0.1, 0.15) is 0 Å². The van der Waals surface area contributed by atoms with Crippen LogP contribution in [0.1, 0.15) is 15.9 Å². The van der Waals surface area contributed by atoms with E-state index in [9.17, 15) is 4.79 Å². The normalized spacial score (nSPS) is 10.3. The van der Waals surface area contributed by atoms with Crippen LogP contribution in [0.4, 0.5) is 0 Å². The molecule has 4 heteroatoms. The van der Waals surface area contributed by atoms with E-state index >= 15 is 0 Å². The van der Waals surface area contributed by atoms with Crippen molar-refractivity contribution >= 4 is 31.0 Å². The third-order valence-corrected chi connectivity index (χ3v) is 3.89. The van der Waals surface area contributed by atoms with E-state index in [0.717, 1.165) is 10.9 Å². The summed E-state index contributed by atoms with van der Waals surface area (Å²) >= 11 is 6.07. The monoisotopic (exact) mass is 269 g/mol. The quantitative estimate of drug-likeness (QED) is 0.595. The summed E-state index contributed by atoms with van der Waals surface area (Å²) in [6.45, 7) is 1.91. The van der Waals surface area contributed by atoms with Crippen LogP contribution in [0.2, 0.25) is 5.02 Å². The van der Waals surface area contributed by atoms with Gasteiger partial charge in [-0.15, -0.1) is 0 Å². The van der Waals surface area contributed by atoms with Crippen molar-refractivity contribution in [2.75, 3.05) is 0 Å². The Bertz CT molecular complexity index is 522. The Kier molecular flexibility index (Phi) is 6.13. The summed E-state index contributed by atoms with van der Waals surface area (Å²) in [6.07, 6.45) is 0. The van der Waals surface area contributed by atoms with Gasteiger partial charge in [0.15, 0.2) is 5.52 Å². The molecule has 86 valence electrons. The van der Waals surface area contributed by atoms with E-state index < -0.39 is 0 Å². The standard InChI is InChI=1S/C14H12ClOP.Li/c1-10-6-5-9-12(15)13(10)14(16)17-11-7-3-2-4-8-11;/h2-9,17H,1H3;/q;+1. The summed E-state index contributed by atoms with van der Waals surface area (Å²) in [4.78, 5) is 12.2. The van der Waals surface area contributed by atoms with Gasteiger partial charge in [-0.2, -0.15) is 0 Å². The van der Waals surface area contributed by atoms with Crippen LogP contribution in [0.3, 0.4) is 0 Å². The van der Waals surface area contributed by atoms with Crippen molar-refractivity contribution in [1.82, 2.24) is 0 Å². The predicted octanol–water partition coefficient (Wildman–Crippen LogP) is 0.797. The van der Waals surface area contributed by atoms with Crippen molar-refractivity contribution in [2.24, 2.45) is 0 Å². The number of carbonyl (C=O) groups excluding carboxylic acids is 1. The minimum Gasteiger partial charge on any atom is -0.289 e. The number of carbonyl (C=O) groups is 1. The second-order valence-electron chi connectivity index (χ2n) is 3.75. The molecule has 0 fully saturated rings. The van der Waals surface area contributed by atoms with Crippen LogP contribution in [0.25, 0.3) is 0 Å². The second-order valence-corrected chi connectivity index (χ2v) is 5.44. The summed E-state index contributed by atoms with van der Waals surface area (Å²) in [5, 5.41) is 1.58. The van der Waals surface area contributed by atoms with Crippen LogP contribution >= 0.6 is 20.2 Å². The number of rotatable bonds is 3. The molecule has 0 N–H and O–H groups in total. The maximum atomic E-state index is 12.2. The molecular formula is C14H12ClLiOP+. The minimum absolute atomic E-state index is 0. The minimum atomic E-state index is 0. The molecule has 2 rings (SSSR count). The zero-order chi connectivity index (χ0) is 12.3. The van der Waals surface area contributed by atoms with E-state index in [1.165, 1.54) is 0 Å². The average Bonchev–Trinajstić information content (AvgIpc) is 2.30. The molecule has 0 bridgehead atoms. The Labute approximate surface area is 126 Å². The van der Waals surface area contributed by atoms with Crippen LogP contribution in [0.15, 0.2) is 48.5 Å². The van der Waals surface area contributed by atoms with Crippen molar-refractivity contribution in [1.29, 1.82) is 0 Å². The van der Waals surface area contributed by atoms with E-state index in [1.807, 2.05) is 49.4 Å². The molecule has 0 aliphatic heterocycles. The third-order valence-electron chi connectivity index (χ3n) is 2.48. The number of benzene rings is 2. The zero-order valence-corrected chi connectivity index (χ0v) is 12.2. The molecular weight excluding hydrogens is 258 g/mol. The number of aryl methyl sites for hydroxylation is 1. The van der Waals surface area contributed by atoms with Gasteiger partial charge >= 0.3 is 18.9 Å². The van der Waals surface area contributed by atoms with Crippen LogP contribution in [-0.4, -0.2) is 5.52 Å². The molecule has 0 radical (unpaired) electrons. The number of hydrogen-bond donors (Lipinski definition) is 0. The zero-order valence-electron chi connectivity index (χ0n) is 10.4. The third kappa shape index (κ3) is 3.71. The van der Waals surface area contributed by atoms with Crippen molar-refractivity contribution < 1.29 is 23.7 Å². The molecule has 0 amide bonds. The van der Waals surface area contributed by atoms with Crippen LogP contribution in [-0.2, 0) is 0 Å². The number of halogens is 1. The van der Waals surface area contributed by atoms with Crippen LogP contribution in [0.5, 0.6) is 0 Å². The van der Waals surface area contributed by atoms with Gasteiger partial charge in [-0.05, 0) is 32.4 Å². The predicted molar refractivity (Wildman–Crippen MR) is 74.9 cm³/mol. The van der Waals surface area contributed by atoms with Gasteiger partial charge in [-0.3, -0.25) is 4.79 Å². The van der Waals surface area contributed by atoms with Gasteiger partial charge in [-0.25, -0.2) is 0 Å². The fourth-order valence-corrected chi connectivity index (χ4v) is 3.10. The van der Waals surface area contributed by atoms with Crippen molar-refractivity contribution in [3.05, 3.63) is 64.7 Å². The van der Waals surface area contributed by atoms with Crippen molar-refractivity contribution in [3.63, 3.8) is 0 Å². The Morgan fingerprint density at radius 2 is 1.72 bits per heavy atom. The van der Waals surface area contributed by atoms with Crippen molar-refractivity contribution in [2.45, 2.75) is 6.92 Å². The molecule has 0 aliphatic carbocycles. The molecule has 1 atom stereocenters. The van der Waals surface area contributed by atoms with Gasteiger partial charge in [0.05, 0.1) is 5.02 Å². The van der Waals surface area contributed by atoms with Crippen LogP contribution < -0.4 is 24.2 Å². The molecule has 2 aromatic rings. The summed E-state index contributed by atoms with van der Waals surface area (Å²) < 4.78 is 0. The average molecular weight is 270 g/mol. The first-order chi connectivity index (χ1) is 8.18. The van der Waals surface area contributed by atoms with E-state index in [1.54, 1.807) is 6.07 Å². The topological polar surface area (TPSA) is 17.1 Å². The molecule has 0 heterocycles. The van der Waals surface area contributed by atoms with E-state index in [2.05, 4.69) is 0 Å². The maximum absolute atomic E-state index is 12.2. The van der Waals surface area contributed by atoms with Gasteiger partial charge in [0.25, 0.3) is 0 Å². The Hall–Kier alpha value is -0.573. The smallest absolute Gasteiger partial charge is 0.289 e. The van der Waals surface area contributed by atoms with E-state index in [4.69, 9.17) is 11.6 Å². The molecule has 0 saturated carbocycles. The molecule has 1 unspecified atom stereocenters. The molecule has 0 saturated heterocycles. The summed E-state index contributed by atoms with van der Waals surface area (Å²) in [5.41, 5.74) is 1.68. The first-order valence-corrected chi connectivity index (χ1v) is 6.68. The SMILES string of the molecule is Cc1cccc(Cl)c1C(=O)Pc1ccccc1.[Li+].